The minimum absolute atomic E-state index is 0.0240. The molecule has 0 aliphatic heterocycles. The first kappa shape index (κ1) is 13.7. The van der Waals surface area contributed by atoms with Crippen molar-refractivity contribution in [1.29, 1.82) is 0 Å². The third-order valence-electron chi connectivity index (χ3n) is 2.60. The number of rotatable bonds is 7. The Balaban J connectivity index is 2.07. The zero-order chi connectivity index (χ0) is 12.5. The molecule has 0 N–H and O–H groups in total. The van der Waals surface area contributed by atoms with Gasteiger partial charge in [0.1, 0.15) is 6.61 Å². The van der Waals surface area contributed by atoms with Gasteiger partial charge in [0.15, 0.2) is 0 Å². The van der Waals surface area contributed by atoms with Gasteiger partial charge in [0.2, 0.25) is 0 Å². The summed E-state index contributed by atoms with van der Waals surface area (Å²) in [5, 5.41) is 0. The van der Waals surface area contributed by atoms with Crippen molar-refractivity contribution in [3.05, 3.63) is 35.9 Å². The lowest BCUT2D eigenvalue weighted by Gasteiger charge is -2.09. The van der Waals surface area contributed by atoms with Crippen molar-refractivity contribution in [2.45, 2.75) is 26.9 Å². The molecule has 3 heteroatoms. The number of hydrogen-bond donors (Lipinski definition) is 0. The first-order chi connectivity index (χ1) is 8.24. The van der Waals surface area contributed by atoms with Gasteiger partial charge in [-0.3, -0.25) is 4.79 Å². The highest BCUT2D eigenvalue weighted by atomic mass is 16.6. The van der Waals surface area contributed by atoms with Crippen molar-refractivity contribution in [1.82, 2.24) is 0 Å². The van der Waals surface area contributed by atoms with Crippen LogP contribution in [0.2, 0.25) is 0 Å². The van der Waals surface area contributed by atoms with Gasteiger partial charge in [-0.2, -0.15) is 0 Å². The fourth-order valence-corrected chi connectivity index (χ4v) is 1.27. The Hall–Kier alpha value is -1.35. The van der Waals surface area contributed by atoms with Gasteiger partial charge in [-0.15, -0.1) is 0 Å². The predicted molar refractivity (Wildman–Crippen MR) is 66.5 cm³/mol. The van der Waals surface area contributed by atoms with Gasteiger partial charge in [0, 0.05) is 0 Å². The number of esters is 1. The average molecular weight is 236 g/mol. The number of carbonyl (C=O) groups is 1. The molecule has 0 amide bonds. The summed E-state index contributed by atoms with van der Waals surface area (Å²) in [4.78, 5) is 11.3. The van der Waals surface area contributed by atoms with Gasteiger partial charge in [-0.25, -0.2) is 0 Å². The Bertz CT molecular complexity index is 321. The molecule has 1 atom stereocenters. The molecular formula is C14H20O3. The van der Waals surface area contributed by atoms with Gasteiger partial charge >= 0.3 is 5.97 Å². The Morgan fingerprint density at radius 1 is 1.24 bits per heavy atom. The second kappa shape index (κ2) is 7.85. The number of carbonyl (C=O) groups excluding carboxylic acids is 1. The van der Waals surface area contributed by atoms with E-state index in [2.05, 4.69) is 0 Å². The predicted octanol–water partition coefficient (Wildman–Crippen LogP) is 2.79. The van der Waals surface area contributed by atoms with E-state index in [0.717, 1.165) is 12.0 Å². The molecule has 0 saturated carbocycles. The summed E-state index contributed by atoms with van der Waals surface area (Å²) in [6.45, 7) is 5.17. The molecule has 0 heterocycles. The van der Waals surface area contributed by atoms with Crippen LogP contribution < -0.4 is 0 Å². The number of ether oxygens (including phenoxy) is 2. The molecule has 1 aromatic rings. The van der Waals surface area contributed by atoms with Crippen LogP contribution >= 0.6 is 0 Å². The van der Waals surface area contributed by atoms with Crippen LogP contribution in [0.4, 0.5) is 0 Å². The van der Waals surface area contributed by atoms with Crippen molar-refractivity contribution in [3.8, 4) is 0 Å². The third kappa shape index (κ3) is 5.50. The topological polar surface area (TPSA) is 35.5 Å². The normalized spacial score (nSPS) is 12.1. The van der Waals surface area contributed by atoms with Crippen LogP contribution in [-0.2, 0) is 20.9 Å². The monoisotopic (exact) mass is 236 g/mol. The molecule has 0 fully saturated rings. The minimum Gasteiger partial charge on any atom is -0.463 e. The standard InChI is InChI=1S/C14H20O3/c1-3-12(2)14(15)17-10-9-16-11-13-7-5-4-6-8-13/h4-8,12H,3,9-11H2,1-2H3. The van der Waals surface area contributed by atoms with E-state index in [9.17, 15) is 4.79 Å². The van der Waals surface area contributed by atoms with Gasteiger partial charge in [0.25, 0.3) is 0 Å². The Morgan fingerprint density at radius 3 is 2.59 bits per heavy atom. The Kier molecular flexibility index (Phi) is 6.33. The summed E-state index contributed by atoms with van der Waals surface area (Å²) in [6.07, 6.45) is 0.809. The third-order valence-corrected chi connectivity index (χ3v) is 2.60. The molecule has 3 nitrogen and oxygen atoms in total. The molecule has 0 aliphatic rings. The maximum atomic E-state index is 11.3. The summed E-state index contributed by atoms with van der Waals surface area (Å²) in [6, 6.07) is 9.93. The van der Waals surface area contributed by atoms with Crippen molar-refractivity contribution >= 4 is 5.97 Å². The zero-order valence-electron chi connectivity index (χ0n) is 10.5. The molecule has 0 aromatic heterocycles. The van der Waals surface area contributed by atoms with Crippen LogP contribution in [0.25, 0.3) is 0 Å². The molecule has 0 bridgehead atoms. The molecule has 0 spiro atoms. The summed E-state index contributed by atoms with van der Waals surface area (Å²) in [5.41, 5.74) is 1.13. The highest BCUT2D eigenvalue weighted by Gasteiger charge is 2.10. The second-order valence-corrected chi connectivity index (χ2v) is 4.01. The van der Waals surface area contributed by atoms with E-state index in [1.165, 1.54) is 0 Å². The SMILES string of the molecule is CCC(C)C(=O)OCCOCc1ccccc1. The largest absolute Gasteiger partial charge is 0.463 e. The first-order valence-corrected chi connectivity index (χ1v) is 6.02. The number of hydrogen-bond acceptors (Lipinski definition) is 3. The van der Waals surface area contributed by atoms with Crippen LogP contribution in [0, 0.1) is 5.92 Å². The quantitative estimate of drug-likeness (QED) is 0.539. The highest BCUT2D eigenvalue weighted by molar-refractivity contribution is 5.71. The molecule has 1 rings (SSSR count). The van der Waals surface area contributed by atoms with E-state index in [-0.39, 0.29) is 11.9 Å². The summed E-state index contributed by atoms with van der Waals surface area (Å²) >= 11 is 0. The molecule has 17 heavy (non-hydrogen) atoms. The van der Waals surface area contributed by atoms with Crippen LogP contribution in [0.1, 0.15) is 25.8 Å². The van der Waals surface area contributed by atoms with Gasteiger partial charge < -0.3 is 9.47 Å². The Labute approximate surface area is 103 Å². The van der Waals surface area contributed by atoms with Crippen molar-refractivity contribution in [2.75, 3.05) is 13.2 Å². The molecule has 94 valence electrons. The van der Waals surface area contributed by atoms with E-state index in [0.29, 0.717) is 19.8 Å². The van der Waals surface area contributed by atoms with Crippen LogP contribution in [0.5, 0.6) is 0 Å². The maximum Gasteiger partial charge on any atom is 0.308 e. The van der Waals surface area contributed by atoms with Crippen molar-refractivity contribution < 1.29 is 14.3 Å². The lowest BCUT2D eigenvalue weighted by molar-refractivity contribution is -0.149. The summed E-state index contributed by atoms with van der Waals surface area (Å²) in [7, 11) is 0. The molecule has 1 unspecified atom stereocenters. The lowest BCUT2D eigenvalue weighted by Crippen LogP contribution is -2.16. The van der Waals surface area contributed by atoms with Gasteiger partial charge in [-0.05, 0) is 12.0 Å². The molecule has 0 saturated heterocycles. The lowest BCUT2D eigenvalue weighted by atomic mass is 10.1. The Morgan fingerprint density at radius 2 is 1.94 bits per heavy atom. The van der Waals surface area contributed by atoms with Crippen molar-refractivity contribution in [2.24, 2.45) is 5.92 Å². The van der Waals surface area contributed by atoms with E-state index in [1.54, 1.807) is 0 Å². The summed E-state index contributed by atoms with van der Waals surface area (Å²) in [5.74, 6) is -0.167. The molecule has 1 aromatic carbocycles. The van der Waals surface area contributed by atoms with E-state index >= 15 is 0 Å². The van der Waals surface area contributed by atoms with E-state index in [1.807, 2.05) is 44.2 Å². The van der Waals surface area contributed by atoms with E-state index in [4.69, 9.17) is 9.47 Å². The van der Waals surface area contributed by atoms with Crippen LogP contribution in [0.3, 0.4) is 0 Å². The fraction of sp³-hybridized carbons (Fsp3) is 0.500. The first-order valence-electron chi connectivity index (χ1n) is 6.02. The van der Waals surface area contributed by atoms with Crippen LogP contribution in [-0.4, -0.2) is 19.2 Å². The number of benzene rings is 1. The molecule has 0 aliphatic carbocycles. The zero-order valence-corrected chi connectivity index (χ0v) is 10.5. The molecular weight excluding hydrogens is 216 g/mol. The summed E-state index contributed by atoms with van der Waals surface area (Å²) < 4.78 is 10.5. The van der Waals surface area contributed by atoms with Gasteiger partial charge in [-0.1, -0.05) is 44.2 Å². The average Bonchev–Trinajstić information content (AvgIpc) is 2.38. The highest BCUT2D eigenvalue weighted by Crippen LogP contribution is 2.03. The van der Waals surface area contributed by atoms with Crippen molar-refractivity contribution in [3.63, 3.8) is 0 Å². The van der Waals surface area contributed by atoms with E-state index < -0.39 is 0 Å². The second-order valence-electron chi connectivity index (χ2n) is 4.01. The smallest absolute Gasteiger partial charge is 0.308 e. The maximum absolute atomic E-state index is 11.3. The van der Waals surface area contributed by atoms with Crippen LogP contribution in [0.15, 0.2) is 30.3 Å². The van der Waals surface area contributed by atoms with Gasteiger partial charge in [0.05, 0.1) is 19.1 Å². The fourth-order valence-electron chi connectivity index (χ4n) is 1.27. The minimum atomic E-state index is -0.143. The molecule has 0 radical (unpaired) electrons.